The van der Waals surface area contributed by atoms with E-state index in [2.05, 4.69) is 4.98 Å². The molecule has 29 heavy (non-hydrogen) atoms. The number of benzene rings is 2. The molecule has 5 nitrogen and oxygen atoms in total. The molecule has 0 spiro atoms. The second kappa shape index (κ2) is 8.24. The Morgan fingerprint density at radius 3 is 2.66 bits per heavy atom. The predicted molar refractivity (Wildman–Crippen MR) is 113 cm³/mol. The lowest BCUT2D eigenvalue weighted by Gasteiger charge is -2.09. The lowest BCUT2D eigenvalue weighted by atomic mass is 10.1. The highest BCUT2D eigenvalue weighted by molar-refractivity contribution is 7.13. The topological polar surface area (TPSA) is 65.5 Å². The number of aromatic nitrogens is 1. The third-order valence-corrected chi connectivity index (χ3v) is 5.33. The standard InChI is InChI=1S/C23H17NO4S/c1-27-16-7-4-6-15(12-16)21(25)14-28-23(26)18-13-20(22-10-5-11-29-22)24-19-9-3-2-8-17(18)19/h2-13H,14H2,1H3. The number of carbonyl (C=O) groups is 2. The van der Waals surface area contributed by atoms with Crippen LogP contribution in [0.5, 0.6) is 5.75 Å². The van der Waals surface area contributed by atoms with Crippen molar-refractivity contribution in [1.29, 1.82) is 0 Å². The minimum absolute atomic E-state index is 0.297. The summed E-state index contributed by atoms with van der Waals surface area (Å²) < 4.78 is 10.5. The van der Waals surface area contributed by atoms with Crippen LogP contribution in [0.2, 0.25) is 0 Å². The number of carbonyl (C=O) groups excluding carboxylic acids is 2. The molecule has 0 radical (unpaired) electrons. The van der Waals surface area contributed by atoms with E-state index < -0.39 is 5.97 Å². The van der Waals surface area contributed by atoms with E-state index >= 15 is 0 Å². The summed E-state index contributed by atoms with van der Waals surface area (Å²) in [5.41, 5.74) is 2.21. The zero-order chi connectivity index (χ0) is 20.2. The molecular weight excluding hydrogens is 386 g/mol. The Bertz CT molecular complexity index is 1180. The van der Waals surface area contributed by atoms with Crippen molar-refractivity contribution in [2.75, 3.05) is 13.7 Å². The number of rotatable bonds is 6. The molecule has 0 aliphatic carbocycles. The Balaban J connectivity index is 1.60. The molecule has 0 saturated carbocycles. The summed E-state index contributed by atoms with van der Waals surface area (Å²) in [6, 6.07) is 19.7. The maximum absolute atomic E-state index is 12.8. The number of hydrogen-bond acceptors (Lipinski definition) is 6. The number of para-hydroxylation sites is 1. The van der Waals surface area contributed by atoms with Crippen molar-refractivity contribution in [2.45, 2.75) is 0 Å². The van der Waals surface area contributed by atoms with Gasteiger partial charge in [-0.1, -0.05) is 36.4 Å². The molecule has 6 heteroatoms. The molecule has 0 aliphatic rings. The van der Waals surface area contributed by atoms with Crippen molar-refractivity contribution < 1.29 is 19.1 Å². The number of thiophene rings is 1. The van der Waals surface area contributed by atoms with Crippen molar-refractivity contribution in [1.82, 2.24) is 4.98 Å². The fourth-order valence-corrected chi connectivity index (χ4v) is 3.67. The van der Waals surface area contributed by atoms with Gasteiger partial charge in [-0.2, -0.15) is 0 Å². The molecule has 2 heterocycles. The number of pyridine rings is 1. The zero-order valence-electron chi connectivity index (χ0n) is 15.6. The average molecular weight is 403 g/mol. The fourth-order valence-electron chi connectivity index (χ4n) is 2.98. The third kappa shape index (κ3) is 4.02. The van der Waals surface area contributed by atoms with Gasteiger partial charge in [0.05, 0.1) is 28.8 Å². The molecule has 0 N–H and O–H groups in total. The molecule has 0 saturated heterocycles. The van der Waals surface area contributed by atoms with Gasteiger partial charge in [0.15, 0.2) is 12.4 Å². The van der Waals surface area contributed by atoms with Crippen molar-refractivity contribution in [3.8, 4) is 16.3 Å². The van der Waals surface area contributed by atoms with Gasteiger partial charge in [0.1, 0.15) is 5.75 Å². The number of esters is 1. The molecule has 2 aromatic carbocycles. The second-order valence-electron chi connectivity index (χ2n) is 6.28. The molecule has 0 atom stereocenters. The van der Waals surface area contributed by atoms with Gasteiger partial charge in [0.25, 0.3) is 0 Å². The first-order chi connectivity index (χ1) is 14.2. The Morgan fingerprint density at radius 1 is 1.00 bits per heavy atom. The summed E-state index contributed by atoms with van der Waals surface area (Å²) in [5, 5.41) is 2.64. The molecule has 0 bridgehead atoms. The van der Waals surface area contributed by atoms with Crippen LogP contribution in [0.1, 0.15) is 20.7 Å². The number of nitrogens with zero attached hydrogens (tertiary/aromatic N) is 1. The lowest BCUT2D eigenvalue weighted by molar-refractivity contribution is 0.0476. The van der Waals surface area contributed by atoms with E-state index in [0.717, 1.165) is 4.88 Å². The largest absolute Gasteiger partial charge is 0.497 e. The highest BCUT2D eigenvalue weighted by Gasteiger charge is 2.17. The summed E-state index contributed by atoms with van der Waals surface area (Å²) in [6.07, 6.45) is 0. The molecular formula is C23H17NO4S. The highest BCUT2D eigenvalue weighted by Crippen LogP contribution is 2.28. The Morgan fingerprint density at radius 2 is 1.86 bits per heavy atom. The SMILES string of the molecule is COc1cccc(C(=O)COC(=O)c2cc(-c3cccs3)nc3ccccc23)c1. The van der Waals surface area contributed by atoms with E-state index in [1.54, 1.807) is 41.7 Å². The van der Waals surface area contributed by atoms with Crippen LogP contribution in [-0.4, -0.2) is 30.5 Å². The summed E-state index contributed by atoms with van der Waals surface area (Å²) >= 11 is 1.54. The number of Topliss-reactive ketones (excluding diaryl/α,β-unsaturated/α-hetero) is 1. The van der Waals surface area contributed by atoms with Gasteiger partial charge < -0.3 is 9.47 Å². The van der Waals surface area contributed by atoms with E-state index in [0.29, 0.717) is 33.5 Å². The van der Waals surface area contributed by atoms with Gasteiger partial charge in [0.2, 0.25) is 0 Å². The third-order valence-electron chi connectivity index (χ3n) is 4.44. The minimum atomic E-state index is -0.558. The van der Waals surface area contributed by atoms with Crippen molar-refractivity contribution in [3.05, 3.63) is 83.2 Å². The Kier molecular flexibility index (Phi) is 5.35. The van der Waals surface area contributed by atoms with E-state index in [4.69, 9.17) is 9.47 Å². The van der Waals surface area contributed by atoms with Crippen LogP contribution in [0.15, 0.2) is 72.1 Å². The molecule has 0 amide bonds. The van der Waals surface area contributed by atoms with Gasteiger partial charge in [-0.25, -0.2) is 9.78 Å². The molecule has 144 valence electrons. The Hall–Kier alpha value is -3.51. The maximum atomic E-state index is 12.8. The van der Waals surface area contributed by atoms with Crippen molar-refractivity contribution in [3.63, 3.8) is 0 Å². The van der Waals surface area contributed by atoms with E-state index in [9.17, 15) is 9.59 Å². The molecule has 4 rings (SSSR count). The summed E-state index contributed by atoms with van der Waals surface area (Å²) in [6.45, 7) is -0.350. The van der Waals surface area contributed by atoms with Gasteiger partial charge in [0, 0.05) is 10.9 Å². The van der Waals surface area contributed by atoms with E-state index in [-0.39, 0.29) is 12.4 Å². The first kappa shape index (κ1) is 18.8. The van der Waals surface area contributed by atoms with Crippen LogP contribution in [0.25, 0.3) is 21.5 Å². The molecule has 0 fully saturated rings. The van der Waals surface area contributed by atoms with Crippen LogP contribution in [0.4, 0.5) is 0 Å². The van der Waals surface area contributed by atoms with Gasteiger partial charge in [-0.3, -0.25) is 4.79 Å². The molecule has 0 unspecified atom stereocenters. The van der Waals surface area contributed by atoms with Crippen molar-refractivity contribution in [2.24, 2.45) is 0 Å². The first-order valence-corrected chi connectivity index (χ1v) is 9.82. The number of ether oxygens (including phenoxy) is 2. The first-order valence-electron chi connectivity index (χ1n) is 8.94. The summed E-state index contributed by atoms with van der Waals surface area (Å²) in [4.78, 5) is 30.8. The van der Waals surface area contributed by atoms with Crippen LogP contribution in [0.3, 0.4) is 0 Å². The Labute approximate surface area is 171 Å². The van der Waals surface area contributed by atoms with E-state index in [1.165, 1.54) is 7.11 Å². The number of methoxy groups -OCH3 is 1. The zero-order valence-corrected chi connectivity index (χ0v) is 16.4. The molecule has 4 aromatic rings. The average Bonchev–Trinajstić information content (AvgIpc) is 3.31. The van der Waals surface area contributed by atoms with Crippen LogP contribution in [0, 0.1) is 0 Å². The number of ketones is 1. The lowest BCUT2D eigenvalue weighted by Crippen LogP contribution is -2.15. The normalized spacial score (nSPS) is 10.7. The van der Waals surface area contributed by atoms with Crippen LogP contribution < -0.4 is 4.74 Å². The van der Waals surface area contributed by atoms with Gasteiger partial charge in [-0.05, 0) is 35.7 Å². The van der Waals surface area contributed by atoms with Crippen LogP contribution >= 0.6 is 11.3 Å². The maximum Gasteiger partial charge on any atom is 0.339 e. The van der Waals surface area contributed by atoms with Crippen LogP contribution in [-0.2, 0) is 4.74 Å². The monoisotopic (exact) mass is 403 g/mol. The second-order valence-corrected chi connectivity index (χ2v) is 7.23. The van der Waals surface area contributed by atoms with Gasteiger partial charge >= 0.3 is 5.97 Å². The number of hydrogen-bond donors (Lipinski definition) is 0. The summed E-state index contributed by atoms with van der Waals surface area (Å²) in [5.74, 6) is -0.283. The highest BCUT2D eigenvalue weighted by atomic mass is 32.1. The summed E-state index contributed by atoms with van der Waals surface area (Å²) in [7, 11) is 1.53. The molecule has 0 aliphatic heterocycles. The number of fused-ring (bicyclic) bond motifs is 1. The predicted octanol–water partition coefficient (Wildman–Crippen LogP) is 5.01. The molecule has 2 aromatic heterocycles. The van der Waals surface area contributed by atoms with Gasteiger partial charge in [-0.15, -0.1) is 11.3 Å². The van der Waals surface area contributed by atoms with Crippen molar-refractivity contribution >= 4 is 34.0 Å². The minimum Gasteiger partial charge on any atom is -0.497 e. The smallest absolute Gasteiger partial charge is 0.339 e. The fraction of sp³-hybridized carbons (Fsp3) is 0.0870. The quantitative estimate of drug-likeness (QED) is 0.334. The van der Waals surface area contributed by atoms with E-state index in [1.807, 2.05) is 41.8 Å².